The molecule has 3 heterocycles. The Hall–Kier alpha value is -1.17. The van der Waals surface area contributed by atoms with Gasteiger partial charge in [0.2, 0.25) is 0 Å². The number of aromatic nitrogens is 1. The van der Waals surface area contributed by atoms with Crippen molar-refractivity contribution in [3.8, 4) is 10.6 Å². The molecule has 1 fully saturated rings. The predicted octanol–water partition coefficient (Wildman–Crippen LogP) is 1.55. The van der Waals surface area contributed by atoms with Crippen molar-refractivity contribution in [1.29, 1.82) is 0 Å². The molecule has 0 amide bonds. The van der Waals surface area contributed by atoms with Crippen LogP contribution in [0.2, 0.25) is 0 Å². The molecule has 0 radical (unpaired) electrons. The van der Waals surface area contributed by atoms with E-state index in [1.807, 2.05) is 23.6 Å². The largest absolute Gasteiger partial charge is 0.355 e. The fourth-order valence-electron chi connectivity index (χ4n) is 1.89. The van der Waals surface area contributed by atoms with Gasteiger partial charge in [0.25, 0.3) is 0 Å². The fourth-order valence-corrected chi connectivity index (χ4v) is 2.56. The smallest absolute Gasteiger partial charge is 0.177 e. The molecule has 1 aliphatic heterocycles. The number of nitrogens with zero attached hydrogens (tertiary/aromatic N) is 2. The normalized spacial score (nSPS) is 17.6. The quantitative estimate of drug-likeness (QED) is 0.877. The lowest BCUT2D eigenvalue weighted by molar-refractivity contribution is 0.139. The number of hydrogen-bond acceptors (Lipinski definition) is 5. The Morgan fingerprint density at radius 1 is 1.56 bits per heavy atom. The monoisotopic (exact) mass is 235 g/mol. The summed E-state index contributed by atoms with van der Waals surface area (Å²) in [5.74, 6) is 0.856. The van der Waals surface area contributed by atoms with Gasteiger partial charge in [0, 0.05) is 31.7 Å². The molecule has 0 saturated carbocycles. The minimum absolute atomic E-state index is 0.337. The first kappa shape index (κ1) is 10.0. The summed E-state index contributed by atoms with van der Waals surface area (Å²) in [7, 11) is 0. The highest BCUT2D eigenvalue weighted by Crippen LogP contribution is 2.25. The third kappa shape index (κ3) is 1.89. The summed E-state index contributed by atoms with van der Waals surface area (Å²) in [6.07, 6.45) is 0. The summed E-state index contributed by atoms with van der Waals surface area (Å²) in [4.78, 5) is 3.39. The zero-order chi connectivity index (χ0) is 11.0. The highest BCUT2D eigenvalue weighted by molar-refractivity contribution is 7.13. The summed E-state index contributed by atoms with van der Waals surface area (Å²) in [6.45, 7) is 2.75. The van der Waals surface area contributed by atoms with E-state index in [9.17, 15) is 0 Å². The Labute approximate surface area is 97.6 Å². The van der Waals surface area contributed by atoms with Crippen molar-refractivity contribution in [3.05, 3.63) is 29.3 Å². The zero-order valence-electron chi connectivity index (χ0n) is 8.80. The Morgan fingerprint density at radius 3 is 3.12 bits per heavy atom. The van der Waals surface area contributed by atoms with Crippen LogP contribution in [0.25, 0.3) is 10.6 Å². The van der Waals surface area contributed by atoms with Crippen LogP contribution in [0.4, 0.5) is 0 Å². The van der Waals surface area contributed by atoms with Crippen molar-refractivity contribution in [1.82, 2.24) is 10.1 Å². The lowest BCUT2D eigenvalue weighted by Crippen LogP contribution is -2.54. The van der Waals surface area contributed by atoms with Crippen molar-refractivity contribution in [2.75, 3.05) is 13.1 Å². The summed E-state index contributed by atoms with van der Waals surface area (Å²) >= 11 is 1.66. The molecule has 1 saturated heterocycles. The van der Waals surface area contributed by atoms with Crippen LogP contribution in [-0.4, -0.2) is 29.2 Å². The summed E-state index contributed by atoms with van der Waals surface area (Å²) in [6, 6.07) is 6.39. The van der Waals surface area contributed by atoms with Crippen LogP contribution >= 0.6 is 11.3 Å². The van der Waals surface area contributed by atoms with E-state index in [0.29, 0.717) is 6.04 Å². The van der Waals surface area contributed by atoms with Crippen LogP contribution in [0.1, 0.15) is 5.69 Å². The van der Waals surface area contributed by atoms with E-state index in [1.54, 1.807) is 11.3 Å². The van der Waals surface area contributed by atoms with E-state index < -0.39 is 0 Å². The third-order valence-corrected chi connectivity index (χ3v) is 3.58. The average molecular weight is 235 g/mol. The van der Waals surface area contributed by atoms with Crippen LogP contribution in [0.15, 0.2) is 28.1 Å². The SMILES string of the molecule is NC1CN(Cc2cc(-c3cccs3)on2)C1. The van der Waals surface area contributed by atoms with Gasteiger partial charge in [-0.2, -0.15) is 0 Å². The van der Waals surface area contributed by atoms with Gasteiger partial charge in [0.1, 0.15) is 0 Å². The minimum Gasteiger partial charge on any atom is -0.355 e. The van der Waals surface area contributed by atoms with Gasteiger partial charge < -0.3 is 10.3 Å². The third-order valence-electron chi connectivity index (χ3n) is 2.69. The lowest BCUT2D eigenvalue weighted by Gasteiger charge is -2.35. The Bertz CT molecular complexity index is 459. The van der Waals surface area contributed by atoms with Crippen molar-refractivity contribution in [2.45, 2.75) is 12.6 Å². The Morgan fingerprint density at radius 2 is 2.44 bits per heavy atom. The average Bonchev–Trinajstić information content (AvgIpc) is 2.84. The van der Waals surface area contributed by atoms with Crippen molar-refractivity contribution < 1.29 is 4.52 Å². The molecule has 4 nitrogen and oxygen atoms in total. The molecule has 0 spiro atoms. The molecule has 5 heteroatoms. The van der Waals surface area contributed by atoms with Crippen LogP contribution in [0.5, 0.6) is 0 Å². The van der Waals surface area contributed by atoms with Gasteiger partial charge in [-0.1, -0.05) is 11.2 Å². The van der Waals surface area contributed by atoms with Crippen LogP contribution in [-0.2, 0) is 6.54 Å². The molecule has 84 valence electrons. The van der Waals surface area contributed by atoms with Gasteiger partial charge in [0.15, 0.2) is 5.76 Å². The molecule has 1 aliphatic rings. The first-order valence-corrected chi connectivity index (χ1v) is 6.16. The molecule has 2 aromatic rings. The second kappa shape index (κ2) is 4.01. The number of hydrogen-bond donors (Lipinski definition) is 1. The maximum atomic E-state index is 5.72. The van der Waals surface area contributed by atoms with E-state index in [-0.39, 0.29) is 0 Å². The number of nitrogens with two attached hydrogens (primary N) is 1. The number of thiophene rings is 1. The molecule has 3 rings (SSSR count). The topological polar surface area (TPSA) is 55.3 Å². The maximum absolute atomic E-state index is 5.72. The summed E-state index contributed by atoms with van der Waals surface area (Å²) in [5.41, 5.74) is 6.70. The molecular weight excluding hydrogens is 222 g/mol. The van der Waals surface area contributed by atoms with E-state index in [4.69, 9.17) is 10.3 Å². The van der Waals surface area contributed by atoms with Gasteiger partial charge in [-0.05, 0) is 11.4 Å². The predicted molar refractivity (Wildman–Crippen MR) is 63.1 cm³/mol. The van der Waals surface area contributed by atoms with Gasteiger partial charge in [-0.15, -0.1) is 11.3 Å². The molecule has 2 aromatic heterocycles. The second-order valence-corrected chi connectivity index (χ2v) is 5.06. The second-order valence-electron chi connectivity index (χ2n) is 4.11. The van der Waals surface area contributed by atoms with Crippen molar-refractivity contribution in [3.63, 3.8) is 0 Å². The summed E-state index contributed by atoms with van der Waals surface area (Å²) < 4.78 is 5.31. The van der Waals surface area contributed by atoms with Gasteiger partial charge >= 0.3 is 0 Å². The molecule has 0 aromatic carbocycles. The first-order chi connectivity index (χ1) is 7.81. The molecule has 16 heavy (non-hydrogen) atoms. The highest BCUT2D eigenvalue weighted by atomic mass is 32.1. The zero-order valence-corrected chi connectivity index (χ0v) is 9.61. The van der Waals surface area contributed by atoms with Crippen LogP contribution in [0.3, 0.4) is 0 Å². The molecule has 0 aliphatic carbocycles. The van der Waals surface area contributed by atoms with Crippen LogP contribution in [0, 0.1) is 0 Å². The lowest BCUT2D eigenvalue weighted by atomic mass is 10.1. The molecule has 0 bridgehead atoms. The van der Waals surface area contributed by atoms with Crippen molar-refractivity contribution >= 4 is 11.3 Å². The Balaban J connectivity index is 1.69. The fraction of sp³-hybridized carbons (Fsp3) is 0.364. The van der Waals surface area contributed by atoms with E-state index in [0.717, 1.165) is 36.0 Å². The maximum Gasteiger partial charge on any atom is 0.177 e. The first-order valence-electron chi connectivity index (χ1n) is 5.28. The molecule has 2 N–H and O–H groups in total. The minimum atomic E-state index is 0.337. The molecule has 0 unspecified atom stereocenters. The summed E-state index contributed by atoms with van der Waals surface area (Å²) in [5, 5.41) is 6.10. The van der Waals surface area contributed by atoms with Crippen LogP contribution < -0.4 is 5.73 Å². The van der Waals surface area contributed by atoms with E-state index in [1.165, 1.54) is 0 Å². The number of likely N-dealkylation sites (tertiary alicyclic amines) is 1. The van der Waals surface area contributed by atoms with Gasteiger partial charge in [-0.25, -0.2) is 0 Å². The standard InChI is InChI=1S/C11H13N3OS/c12-8-5-14(6-8)7-9-4-10(15-13-9)11-2-1-3-16-11/h1-4,8H,5-7,12H2. The number of rotatable bonds is 3. The molecular formula is C11H13N3OS. The van der Waals surface area contributed by atoms with Gasteiger partial charge in [-0.3, -0.25) is 4.90 Å². The van der Waals surface area contributed by atoms with Crippen molar-refractivity contribution in [2.24, 2.45) is 5.73 Å². The Kier molecular flexibility index (Phi) is 2.51. The van der Waals surface area contributed by atoms with E-state index >= 15 is 0 Å². The molecule has 0 atom stereocenters. The highest BCUT2D eigenvalue weighted by Gasteiger charge is 2.23. The van der Waals surface area contributed by atoms with Gasteiger partial charge in [0.05, 0.1) is 10.6 Å². The van der Waals surface area contributed by atoms with E-state index in [2.05, 4.69) is 10.1 Å².